The number of aromatic amines is 1. The first kappa shape index (κ1) is 33.0. The number of benzene rings is 2. The number of hydrogen-bond acceptors (Lipinski definition) is 3. The molecule has 234 valence electrons. The Morgan fingerprint density at radius 2 is 1.41 bits per heavy atom. The van der Waals surface area contributed by atoms with Crippen LogP contribution in [0.5, 0.6) is 0 Å². The Balaban J connectivity index is 1.06. The number of H-pyrrole nitrogens is 1. The molecule has 0 bridgehead atoms. The zero-order chi connectivity index (χ0) is 30.8. The number of hydrogen-bond donors (Lipinski definition) is 1. The van der Waals surface area contributed by atoms with E-state index in [-0.39, 0.29) is 11.8 Å². The maximum absolute atomic E-state index is 13.1. The summed E-state index contributed by atoms with van der Waals surface area (Å²) in [5, 5.41) is 8.51. The molecule has 0 aliphatic carbocycles. The van der Waals surface area contributed by atoms with Gasteiger partial charge in [-0.15, -0.1) is 0 Å². The minimum absolute atomic E-state index is 0.0274. The van der Waals surface area contributed by atoms with Crippen molar-refractivity contribution in [3.63, 3.8) is 0 Å². The molecule has 1 aliphatic rings. The third-order valence-corrected chi connectivity index (χ3v) is 8.35. The van der Waals surface area contributed by atoms with Crippen molar-refractivity contribution in [2.75, 3.05) is 26.2 Å². The molecule has 4 rings (SSSR count). The molecule has 0 saturated carbocycles. The Morgan fingerprint density at radius 3 is 2.16 bits per heavy atom. The molecule has 1 aliphatic heterocycles. The molecule has 0 spiro atoms. The Morgan fingerprint density at radius 1 is 0.750 bits per heavy atom. The zero-order valence-corrected chi connectivity index (χ0v) is 26.6. The van der Waals surface area contributed by atoms with Gasteiger partial charge in [0, 0.05) is 43.5 Å². The fourth-order valence-electron chi connectivity index (χ4n) is 5.61. The lowest BCUT2D eigenvalue weighted by Crippen LogP contribution is -2.50. The molecule has 1 aromatic heterocycles. The Bertz CT molecular complexity index is 1380. The second kappa shape index (κ2) is 18.7. The molecule has 2 aromatic carbocycles. The number of fused-ring (bicyclic) bond motifs is 1. The van der Waals surface area contributed by atoms with Crippen LogP contribution in [0.15, 0.2) is 72.8 Å². The minimum atomic E-state index is 0.0274. The van der Waals surface area contributed by atoms with Crippen LogP contribution in [0.25, 0.3) is 23.1 Å². The summed E-state index contributed by atoms with van der Waals surface area (Å²) in [6.45, 7) is 4.64. The van der Waals surface area contributed by atoms with Gasteiger partial charge < -0.3 is 9.80 Å². The average molecular weight is 595 g/mol. The standard InChI is InChI=1S/C38H50N4O2/c1-2-3-4-5-6-7-8-9-10-11-12-13-14-15-16-21-37(43)41-28-30-42(31-29-41)38(44)33-25-22-32(23-26-33)24-27-36-34-19-17-18-20-35(34)39-40-36/h6-7,9-10,17-20,22-27H,2-5,8,11-16,21,28-31H2,1H3,(H,39,40)/b7-6+,10-9+,27-24+. The molecule has 2 amide bonds. The molecule has 1 saturated heterocycles. The summed E-state index contributed by atoms with van der Waals surface area (Å²) in [6, 6.07) is 15.7. The molecular weight excluding hydrogens is 544 g/mol. The summed E-state index contributed by atoms with van der Waals surface area (Å²) in [5.41, 5.74) is 3.59. The SMILES string of the molecule is CCCCC/C=C/C/C=C/CCCCCCCC(=O)N1CCN(C(=O)c2ccc(/C=C/c3n[nH]c4ccccc34)cc2)CC1. The number of piperazine rings is 1. The van der Waals surface area contributed by atoms with E-state index in [0.717, 1.165) is 47.8 Å². The largest absolute Gasteiger partial charge is 0.339 e. The molecule has 0 unspecified atom stereocenters. The van der Waals surface area contributed by atoms with E-state index < -0.39 is 0 Å². The molecule has 0 radical (unpaired) electrons. The van der Waals surface area contributed by atoms with Gasteiger partial charge in [0.05, 0.1) is 11.2 Å². The lowest BCUT2D eigenvalue weighted by molar-refractivity contribution is -0.132. The van der Waals surface area contributed by atoms with E-state index in [2.05, 4.69) is 41.4 Å². The van der Waals surface area contributed by atoms with Gasteiger partial charge >= 0.3 is 0 Å². The summed E-state index contributed by atoms with van der Waals surface area (Å²) < 4.78 is 0. The molecular formula is C38H50N4O2. The van der Waals surface area contributed by atoms with Crippen LogP contribution in [-0.4, -0.2) is 58.0 Å². The highest BCUT2D eigenvalue weighted by Crippen LogP contribution is 2.18. The van der Waals surface area contributed by atoms with Gasteiger partial charge in [0.1, 0.15) is 0 Å². The number of nitrogens with one attached hydrogen (secondary N) is 1. The summed E-state index contributed by atoms with van der Waals surface area (Å²) >= 11 is 0. The predicted octanol–water partition coefficient (Wildman–Crippen LogP) is 8.83. The fourth-order valence-corrected chi connectivity index (χ4v) is 5.61. The summed E-state index contributed by atoms with van der Waals surface area (Å²) in [6.07, 6.45) is 26.8. The van der Waals surface area contributed by atoms with Gasteiger partial charge in [-0.05, 0) is 68.4 Å². The minimum Gasteiger partial charge on any atom is -0.339 e. The topological polar surface area (TPSA) is 69.3 Å². The van der Waals surface area contributed by atoms with Crippen LogP contribution in [0.2, 0.25) is 0 Å². The van der Waals surface area contributed by atoms with Gasteiger partial charge in [-0.2, -0.15) is 5.10 Å². The monoisotopic (exact) mass is 594 g/mol. The van der Waals surface area contributed by atoms with Crippen LogP contribution in [0, 0.1) is 0 Å². The third-order valence-electron chi connectivity index (χ3n) is 8.35. The molecule has 0 atom stereocenters. The Kier molecular flexibility index (Phi) is 14.0. The van der Waals surface area contributed by atoms with E-state index >= 15 is 0 Å². The highest BCUT2D eigenvalue weighted by Gasteiger charge is 2.24. The predicted molar refractivity (Wildman–Crippen MR) is 183 cm³/mol. The van der Waals surface area contributed by atoms with Crippen molar-refractivity contribution in [2.45, 2.75) is 84.0 Å². The van der Waals surface area contributed by atoms with Crippen LogP contribution in [0.3, 0.4) is 0 Å². The number of aromatic nitrogens is 2. The second-order valence-electron chi connectivity index (χ2n) is 11.8. The van der Waals surface area contributed by atoms with E-state index in [0.29, 0.717) is 38.2 Å². The van der Waals surface area contributed by atoms with E-state index in [1.807, 2.05) is 70.5 Å². The Hall–Kier alpha value is -3.93. The van der Waals surface area contributed by atoms with E-state index in [4.69, 9.17) is 0 Å². The molecule has 6 heteroatoms. The second-order valence-corrected chi connectivity index (χ2v) is 11.8. The first-order chi connectivity index (χ1) is 21.7. The number of para-hydroxylation sites is 1. The third kappa shape index (κ3) is 10.7. The molecule has 1 fully saturated rings. The number of carbonyl (C=O) groups excluding carboxylic acids is 2. The summed E-state index contributed by atoms with van der Waals surface area (Å²) in [4.78, 5) is 29.6. The average Bonchev–Trinajstić information content (AvgIpc) is 3.48. The van der Waals surface area contributed by atoms with Gasteiger partial charge in [0.25, 0.3) is 5.91 Å². The number of unbranched alkanes of at least 4 members (excludes halogenated alkanes) is 8. The van der Waals surface area contributed by atoms with Crippen molar-refractivity contribution < 1.29 is 9.59 Å². The molecule has 44 heavy (non-hydrogen) atoms. The van der Waals surface area contributed by atoms with Crippen LogP contribution in [0.1, 0.15) is 106 Å². The van der Waals surface area contributed by atoms with Crippen molar-refractivity contribution in [1.82, 2.24) is 20.0 Å². The van der Waals surface area contributed by atoms with Gasteiger partial charge in [0.2, 0.25) is 5.91 Å². The number of allylic oxidation sites excluding steroid dienone is 4. The van der Waals surface area contributed by atoms with Gasteiger partial charge in [0.15, 0.2) is 0 Å². The maximum Gasteiger partial charge on any atom is 0.253 e. The maximum atomic E-state index is 13.1. The van der Waals surface area contributed by atoms with E-state index in [1.54, 1.807) is 0 Å². The molecule has 3 aromatic rings. The smallest absolute Gasteiger partial charge is 0.253 e. The van der Waals surface area contributed by atoms with Gasteiger partial charge in [-0.25, -0.2) is 0 Å². The quantitative estimate of drug-likeness (QED) is 0.125. The number of amides is 2. The first-order valence-corrected chi connectivity index (χ1v) is 16.7. The van der Waals surface area contributed by atoms with Crippen LogP contribution >= 0.6 is 0 Å². The van der Waals surface area contributed by atoms with Crippen LogP contribution in [-0.2, 0) is 4.79 Å². The molecule has 2 heterocycles. The van der Waals surface area contributed by atoms with Crippen LogP contribution in [0.4, 0.5) is 0 Å². The van der Waals surface area contributed by atoms with Crippen molar-refractivity contribution in [2.24, 2.45) is 0 Å². The lowest BCUT2D eigenvalue weighted by Gasteiger charge is -2.35. The van der Waals surface area contributed by atoms with Crippen molar-refractivity contribution in [1.29, 1.82) is 0 Å². The Labute approximate surface area is 263 Å². The zero-order valence-electron chi connectivity index (χ0n) is 26.6. The highest BCUT2D eigenvalue weighted by atomic mass is 16.2. The summed E-state index contributed by atoms with van der Waals surface area (Å²) in [7, 11) is 0. The molecule has 1 N–H and O–H groups in total. The van der Waals surface area contributed by atoms with Gasteiger partial charge in [-0.3, -0.25) is 14.7 Å². The van der Waals surface area contributed by atoms with Crippen molar-refractivity contribution >= 4 is 34.9 Å². The fraction of sp³-hybridized carbons (Fsp3) is 0.447. The lowest BCUT2D eigenvalue weighted by atomic mass is 10.1. The first-order valence-electron chi connectivity index (χ1n) is 16.7. The van der Waals surface area contributed by atoms with E-state index in [9.17, 15) is 9.59 Å². The van der Waals surface area contributed by atoms with Gasteiger partial charge in [-0.1, -0.05) is 99.7 Å². The highest BCUT2D eigenvalue weighted by molar-refractivity contribution is 5.95. The molecule has 6 nitrogen and oxygen atoms in total. The van der Waals surface area contributed by atoms with E-state index in [1.165, 1.54) is 44.9 Å². The number of carbonyl (C=O) groups is 2. The normalized spacial score (nSPS) is 14.1. The van der Waals surface area contributed by atoms with Crippen molar-refractivity contribution in [3.8, 4) is 0 Å². The van der Waals surface area contributed by atoms with Crippen LogP contribution < -0.4 is 0 Å². The summed E-state index contributed by atoms with van der Waals surface area (Å²) in [5.74, 6) is 0.253. The number of nitrogens with zero attached hydrogens (tertiary/aromatic N) is 3. The van der Waals surface area contributed by atoms with Crippen molar-refractivity contribution in [3.05, 3.63) is 89.7 Å². The number of rotatable bonds is 17.